The van der Waals surface area contributed by atoms with Gasteiger partial charge in [0.05, 0.1) is 16.8 Å². The summed E-state index contributed by atoms with van der Waals surface area (Å²) in [4.78, 5) is 22.1. The second-order valence-electron chi connectivity index (χ2n) is 8.88. The third-order valence-electron chi connectivity index (χ3n) is 6.00. The van der Waals surface area contributed by atoms with Crippen LogP contribution in [-0.2, 0) is 21.9 Å². The molecule has 3 fully saturated rings. The number of nitrogens with zero attached hydrogens (tertiary/aromatic N) is 5. The molecule has 3 aromatic rings. The van der Waals surface area contributed by atoms with Gasteiger partial charge >= 0.3 is 12.1 Å². The van der Waals surface area contributed by atoms with Gasteiger partial charge in [-0.25, -0.2) is 32.9 Å². The molecule has 1 saturated carbocycles. The lowest BCUT2D eigenvalue weighted by atomic mass is 9.79. The molecular weight excluding hydrogens is 517 g/mol. The van der Waals surface area contributed by atoms with Gasteiger partial charge in [-0.2, -0.15) is 13.2 Å². The highest BCUT2D eigenvalue weighted by Gasteiger charge is 2.52. The van der Waals surface area contributed by atoms with Gasteiger partial charge in [0.1, 0.15) is 6.33 Å². The van der Waals surface area contributed by atoms with Crippen molar-refractivity contribution in [2.45, 2.75) is 42.4 Å². The highest BCUT2D eigenvalue weighted by Crippen LogP contribution is 2.39. The zero-order valence-electron chi connectivity index (χ0n) is 19.6. The Morgan fingerprint density at radius 3 is 2.51 bits per heavy atom. The van der Waals surface area contributed by atoms with Crippen molar-refractivity contribution in [1.82, 2.24) is 34.8 Å². The zero-order valence-corrected chi connectivity index (χ0v) is 20.4. The lowest BCUT2D eigenvalue weighted by Gasteiger charge is -2.37. The number of aromatic nitrogens is 5. The van der Waals surface area contributed by atoms with E-state index in [4.69, 9.17) is 15.6 Å². The molecule has 198 valence electrons. The third kappa shape index (κ3) is 5.55. The van der Waals surface area contributed by atoms with Crippen LogP contribution >= 0.6 is 0 Å². The maximum Gasteiger partial charge on any atom is 0.490 e. The first kappa shape index (κ1) is 26.4. The number of sulfonamides is 1. The summed E-state index contributed by atoms with van der Waals surface area (Å²) in [6.45, 7) is 2.56. The van der Waals surface area contributed by atoms with E-state index in [1.807, 2.05) is 6.92 Å². The number of carboxylic acids is 1. The number of nitrogen functional groups attached to an aromatic ring is 1. The Kier molecular flexibility index (Phi) is 6.68. The first-order valence-electron chi connectivity index (χ1n) is 10.9. The van der Waals surface area contributed by atoms with Crippen LogP contribution in [0, 0.1) is 6.92 Å². The fourth-order valence-corrected chi connectivity index (χ4v) is 5.61. The van der Waals surface area contributed by atoms with Crippen molar-refractivity contribution in [3.05, 3.63) is 36.3 Å². The average molecular weight is 541 g/mol. The molecule has 0 radical (unpaired) electrons. The predicted octanol–water partition coefficient (Wildman–Crippen LogP) is 1.25. The number of nitrogens with one attached hydrogen (secondary N) is 2. The summed E-state index contributed by atoms with van der Waals surface area (Å²) >= 11 is 0. The van der Waals surface area contributed by atoms with E-state index in [2.05, 4.69) is 30.1 Å². The summed E-state index contributed by atoms with van der Waals surface area (Å²) in [7, 11) is -1.92. The molecule has 3 aliphatic rings. The van der Waals surface area contributed by atoms with Crippen LogP contribution < -0.4 is 15.8 Å². The molecule has 2 bridgehead atoms. The number of hydrogen-bond acceptors (Lipinski definition) is 9. The summed E-state index contributed by atoms with van der Waals surface area (Å²) in [5.41, 5.74) is 8.01. The van der Waals surface area contributed by atoms with Crippen LogP contribution in [0.4, 0.5) is 19.0 Å². The van der Waals surface area contributed by atoms with Gasteiger partial charge in [-0.3, -0.25) is 4.68 Å². The van der Waals surface area contributed by atoms with E-state index in [1.54, 1.807) is 36.3 Å². The number of fused-ring (bicyclic) bond motifs is 1. The topological polar surface area (TPSA) is 178 Å². The van der Waals surface area contributed by atoms with Gasteiger partial charge < -0.3 is 16.2 Å². The predicted molar refractivity (Wildman–Crippen MR) is 124 cm³/mol. The van der Waals surface area contributed by atoms with Crippen LogP contribution in [0.3, 0.4) is 0 Å². The van der Waals surface area contributed by atoms with Crippen molar-refractivity contribution in [2.24, 2.45) is 7.05 Å². The van der Waals surface area contributed by atoms with E-state index < -0.39 is 22.2 Å². The molecule has 2 aliphatic heterocycles. The number of carbonyl (C=O) groups is 1. The fraction of sp³-hybridized carbons (Fsp3) is 0.381. The lowest BCUT2D eigenvalue weighted by Crippen LogP contribution is -2.54. The SMILES string of the molecule is Cc1ccc(S(=O)(=O)NC23CNC(C2)C3)cc1-c1cnc(N)c(-c2ncn(C)n2)n1.O=C(O)C(F)(F)F. The van der Waals surface area contributed by atoms with Crippen molar-refractivity contribution in [3.63, 3.8) is 0 Å². The zero-order chi connectivity index (χ0) is 27.2. The van der Waals surface area contributed by atoms with Gasteiger partial charge in [0, 0.05) is 30.7 Å². The molecular formula is C21H23F3N8O4S. The molecule has 37 heavy (non-hydrogen) atoms. The number of rotatable bonds is 5. The molecule has 1 aliphatic carbocycles. The normalized spacial score (nSPS) is 20.6. The van der Waals surface area contributed by atoms with E-state index >= 15 is 0 Å². The number of benzene rings is 1. The maximum atomic E-state index is 13.0. The summed E-state index contributed by atoms with van der Waals surface area (Å²) in [6, 6.07) is 5.43. The Morgan fingerprint density at radius 1 is 1.30 bits per heavy atom. The summed E-state index contributed by atoms with van der Waals surface area (Å²) < 4.78 is 62.3. The number of alkyl halides is 3. The highest BCUT2D eigenvalue weighted by molar-refractivity contribution is 7.89. The van der Waals surface area contributed by atoms with Gasteiger partial charge in [-0.15, -0.1) is 5.10 Å². The maximum absolute atomic E-state index is 13.0. The Hall–Kier alpha value is -3.63. The average Bonchev–Trinajstić information content (AvgIpc) is 3.50. The molecule has 1 aromatic carbocycles. The monoisotopic (exact) mass is 540 g/mol. The molecule has 5 N–H and O–H groups in total. The first-order chi connectivity index (χ1) is 17.2. The summed E-state index contributed by atoms with van der Waals surface area (Å²) in [5, 5.41) is 14.7. The standard InChI is InChI=1S/C19H22N8O2S.C2HF3O2/c1-11-3-4-13(30(28,29)26-19-6-12(7-19)22-9-19)5-14(11)15-8-21-17(20)16(24-15)18-23-10-27(2)25-18;3-2(4,5)1(6)7/h3-5,8,10,12,22,26H,6-7,9H2,1-2H3,(H2,20,21);(H,6,7). The van der Waals surface area contributed by atoms with Crippen molar-refractivity contribution in [1.29, 1.82) is 0 Å². The van der Waals surface area contributed by atoms with Gasteiger partial charge in [-0.1, -0.05) is 6.07 Å². The largest absolute Gasteiger partial charge is 0.490 e. The number of halogens is 3. The quantitative estimate of drug-likeness (QED) is 0.368. The molecule has 2 saturated heterocycles. The Labute approximate surface area is 209 Å². The highest BCUT2D eigenvalue weighted by atomic mass is 32.2. The van der Waals surface area contributed by atoms with E-state index in [9.17, 15) is 21.6 Å². The van der Waals surface area contributed by atoms with Crippen LogP contribution in [0.1, 0.15) is 18.4 Å². The van der Waals surface area contributed by atoms with E-state index in [-0.39, 0.29) is 16.3 Å². The minimum absolute atomic E-state index is 0.198. The number of anilines is 1. The minimum Gasteiger partial charge on any atom is -0.475 e. The number of hydrogen-bond donors (Lipinski definition) is 4. The molecule has 6 rings (SSSR count). The molecule has 12 nitrogen and oxygen atoms in total. The van der Waals surface area contributed by atoms with Crippen molar-refractivity contribution >= 4 is 21.8 Å². The van der Waals surface area contributed by atoms with Crippen LogP contribution in [0.5, 0.6) is 0 Å². The molecule has 0 spiro atoms. The molecule has 0 atom stereocenters. The van der Waals surface area contributed by atoms with Crippen LogP contribution in [0.15, 0.2) is 35.6 Å². The van der Waals surface area contributed by atoms with Crippen LogP contribution in [-0.4, -0.2) is 68.5 Å². The molecule has 2 aromatic heterocycles. The molecule has 0 amide bonds. The van der Waals surface area contributed by atoms with Gasteiger partial charge in [-0.05, 0) is 37.5 Å². The first-order valence-corrected chi connectivity index (χ1v) is 12.3. The Bertz CT molecular complexity index is 1450. The van der Waals surface area contributed by atoms with Crippen LogP contribution in [0.25, 0.3) is 22.8 Å². The molecule has 4 heterocycles. The number of aryl methyl sites for hydroxylation is 2. The van der Waals surface area contributed by atoms with Crippen LogP contribution in [0.2, 0.25) is 0 Å². The van der Waals surface area contributed by atoms with Crippen molar-refractivity contribution in [2.75, 3.05) is 12.3 Å². The lowest BCUT2D eigenvalue weighted by molar-refractivity contribution is -0.192. The number of nitrogens with two attached hydrogens (primary N) is 1. The summed E-state index contributed by atoms with van der Waals surface area (Å²) in [5.74, 6) is -2.19. The van der Waals surface area contributed by atoms with Gasteiger partial charge in [0.15, 0.2) is 11.5 Å². The van der Waals surface area contributed by atoms with E-state index in [0.29, 0.717) is 35.4 Å². The molecule has 0 unspecified atom stereocenters. The smallest absolute Gasteiger partial charge is 0.475 e. The van der Waals surface area contributed by atoms with Gasteiger partial charge in [0.2, 0.25) is 15.8 Å². The Morgan fingerprint density at radius 2 is 1.97 bits per heavy atom. The Balaban J connectivity index is 0.000000405. The second kappa shape index (κ2) is 9.35. The fourth-order valence-electron chi connectivity index (χ4n) is 4.16. The van der Waals surface area contributed by atoms with E-state index in [1.165, 1.54) is 6.20 Å². The number of carboxylic acid groups (broad SMARTS) is 1. The van der Waals surface area contributed by atoms with E-state index in [0.717, 1.165) is 18.4 Å². The number of aliphatic carboxylic acids is 1. The van der Waals surface area contributed by atoms with Crippen molar-refractivity contribution < 1.29 is 31.5 Å². The molecule has 16 heteroatoms. The van der Waals surface area contributed by atoms with Crippen molar-refractivity contribution in [3.8, 4) is 22.8 Å². The summed E-state index contributed by atoms with van der Waals surface area (Å²) in [6.07, 6.45) is -0.344. The second-order valence-corrected chi connectivity index (χ2v) is 10.6. The minimum atomic E-state index is -5.08. The van der Waals surface area contributed by atoms with Gasteiger partial charge in [0.25, 0.3) is 0 Å². The third-order valence-corrected chi connectivity index (χ3v) is 7.58.